The maximum atomic E-state index is 11.4. The number of hydrogen-bond acceptors (Lipinski definition) is 3. The Morgan fingerprint density at radius 3 is 3.25 bits per heavy atom. The van der Waals surface area contributed by atoms with Crippen molar-refractivity contribution in [2.75, 3.05) is 6.54 Å². The summed E-state index contributed by atoms with van der Waals surface area (Å²) in [5.74, 6) is 0. The maximum Gasteiger partial charge on any atom is 0.248 e. The third-order valence-corrected chi connectivity index (χ3v) is 3.87. The minimum atomic E-state index is 0.00417. The second-order valence-corrected chi connectivity index (χ2v) is 5.31. The van der Waals surface area contributed by atoms with E-state index < -0.39 is 0 Å². The van der Waals surface area contributed by atoms with Gasteiger partial charge < -0.3 is 14.9 Å². The van der Waals surface area contributed by atoms with Crippen molar-refractivity contribution in [3.05, 3.63) is 52.5 Å². The molecule has 106 valence electrons. The molecule has 0 saturated carbocycles. The van der Waals surface area contributed by atoms with Gasteiger partial charge in [-0.1, -0.05) is 6.07 Å². The summed E-state index contributed by atoms with van der Waals surface area (Å²) < 4.78 is 2.09. The fourth-order valence-corrected chi connectivity index (χ4v) is 2.87. The van der Waals surface area contributed by atoms with Crippen LogP contribution in [0.1, 0.15) is 36.6 Å². The zero-order chi connectivity index (χ0) is 13.8. The Balaban J connectivity index is 1.55. The van der Waals surface area contributed by atoms with Crippen LogP contribution in [-0.4, -0.2) is 21.1 Å². The first-order chi connectivity index (χ1) is 9.83. The zero-order valence-electron chi connectivity index (χ0n) is 11.5. The second-order valence-electron chi connectivity index (χ2n) is 5.31. The van der Waals surface area contributed by atoms with Gasteiger partial charge >= 0.3 is 0 Å². The van der Waals surface area contributed by atoms with Crippen molar-refractivity contribution in [1.29, 1.82) is 0 Å². The summed E-state index contributed by atoms with van der Waals surface area (Å²) in [6.07, 6.45) is 9.98. The van der Waals surface area contributed by atoms with Gasteiger partial charge in [-0.15, -0.1) is 0 Å². The van der Waals surface area contributed by atoms with Crippen molar-refractivity contribution in [2.45, 2.75) is 38.3 Å². The third kappa shape index (κ3) is 2.99. The van der Waals surface area contributed by atoms with Crippen LogP contribution in [0.15, 0.2) is 35.6 Å². The second kappa shape index (κ2) is 6.05. The van der Waals surface area contributed by atoms with Gasteiger partial charge in [-0.05, 0) is 37.8 Å². The minimum Gasteiger partial charge on any atom is -0.337 e. The number of aromatic nitrogens is 3. The molecule has 3 rings (SSSR count). The summed E-state index contributed by atoms with van der Waals surface area (Å²) >= 11 is 0. The highest BCUT2D eigenvalue weighted by Gasteiger charge is 2.19. The molecule has 0 aliphatic heterocycles. The van der Waals surface area contributed by atoms with E-state index in [9.17, 15) is 4.79 Å². The van der Waals surface area contributed by atoms with Gasteiger partial charge in [0, 0.05) is 36.7 Å². The van der Waals surface area contributed by atoms with Crippen LogP contribution in [0.3, 0.4) is 0 Å². The molecule has 0 bridgehead atoms. The van der Waals surface area contributed by atoms with Crippen molar-refractivity contribution < 1.29 is 0 Å². The summed E-state index contributed by atoms with van der Waals surface area (Å²) in [6, 6.07) is 3.98. The number of H-pyrrole nitrogens is 1. The van der Waals surface area contributed by atoms with E-state index in [4.69, 9.17) is 0 Å². The molecule has 1 unspecified atom stereocenters. The molecule has 2 aromatic heterocycles. The molecule has 2 heterocycles. The van der Waals surface area contributed by atoms with Crippen LogP contribution in [0.25, 0.3) is 0 Å². The quantitative estimate of drug-likeness (QED) is 0.813. The van der Waals surface area contributed by atoms with Crippen LogP contribution < -0.4 is 10.9 Å². The predicted molar refractivity (Wildman–Crippen MR) is 77.6 cm³/mol. The molecule has 1 aliphatic carbocycles. The van der Waals surface area contributed by atoms with E-state index >= 15 is 0 Å². The van der Waals surface area contributed by atoms with Crippen LogP contribution in [0.2, 0.25) is 0 Å². The smallest absolute Gasteiger partial charge is 0.248 e. The molecule has 0 radical (unpaired) electrons. The molecule has 1 aliphatic rings. The Morgan fingerprint density at radius 1 is 1.45 bits per heavy atom. The Kier molecular flexibility index (Phi) is 3.97. The van der Waals surface area contributed by atoms with Gasteiger partial charge in [0.05, 0.1) is 6.33 Å². The number of rotatable bonds is 5. The first-order valence-electron chi connectivity index (χ1n) is 7.24. The molecule has 0 aromatic carbocycles. The third-order valence-electron chi connectivity index (χ3n) is 3.87. The Hall–Kier alpha value is -1.88. The first kappa shape index (κ1) is 13.1. The van der Waals surface area contributed by atoms with Crippen LogP contribution in [0, 0.1) is 0 Å². The van der Waals surface area contributed by atoms with Gasteiger partial charge in [-0.2, -0.15) is 0 Å². The van der Waals surface area contributed by atoms with E-state index in [1.165, 1.54) is 5.56 Å². The van der Waals surface area contributed by atoms with Gasteiger partial charge in [-0.25, -0.2) is 4.98 Å². The number of pyridine rings is 1. The normalized spacial score (nSPS) is 17.9. The number of imidazole rings is 1. The average molecular weight is 272 g/mol. The molecule has 1 atom stereocenters. The van der Waals surface area contributed by atoms with Gasteiger partial charge in [0.1, 0.15) is 0 Å². The molecule has 5 nitrogen and oxygen atoms in total. The van der Waals surface area contributed by atoms with E-state index in [0.717, 1.165) is 44.5 Å². The first-order valence-corrected chi connectivity index (χ1v) is 7.24. The minimum absolute atomic E-state index is 0.00417. The molecule has 20 heavy (non-hydrogen) atoms. The lowest BCUT2D eigenvalue weighted by Gasteiger charge is -2.26. The lowest BCUT2D eigenvalue weighted by atomic mass is 9.91. The summed E-state index contributed by atoms with van der Waals surface area (Å²) in [5.41, 5.74) is 2.37. The number of aromatic amines is 1. The van der Waals surface area contributed by atoms with Gasteiger partial charge in [0.2, 0.25) is 5.56 Å². The van der Waals surface area contributed by atoms with Crippen LogP contribution in [0.5, 0.6) is 0 Å². The van der Waals surface area contributed by atoms with Crippen molar-refractivity contribution in [2.24, 2.45) is 0 Å². The Labute approximate surface area is 118 Å². The number of fused-ring (bicyclic) bond motifs is 1. The van der Waals surface area contributed by atoms with E-state index in [1.54, 1.807) is 12.3 Å². The number of hydrogen-bond donors (Lipinski definition) is 2. The zero-order valence-corrected chi connectivity index (χ0v) is 11.5. The molecule has 0 fully saturated rings. The molecular weight excluding hydrogens is 252 g/mol. The van der Waals surface area contributed by atoms with E-state index in [-0.39, 0.29) is 5.56 Å². The van der Waals surface area contributed by atoms with Crippen molar-refractivity contribution >= 4 is 0 Å². The summed E-state index contributed by atoms with van der Waals surface area (Å²) in [4.78, 5) is 18.4. The Morgan fingerprint density at radius 2 is 2.40 bits per heavy atom. The largest absolute Gasteiger partial charge is 0.337 e. The van der Waals surface area contributed by atoms with Gasteiger partial charge in [0.15, 0.2) is 0 Å². The maximum absolute atomic E-state index is 11.4. The van der Waals surface area contributed by atoms with E-state index in [1.807, 2.05) is 18.6 Å². The molecule has 0 spiro atoms. The Bertz CT molecular complexity index is 603. The fraction of sp³-hybridized carbons (Fsp3) is 0.467. The number of aryl methyl sites for hydroxylation is 2. The average Bonchev–Trinajstić information content (AvgIpc) is 2.96. The molecule has 2 N–H and O–H groups in total. The van der Waals surface area contributed by atoms with Crippen molar-refractivity contribution in [3.63, 3.8) is 0 Å². The summed E-state index contributed by atoms with van der Waals surface area (Å²) in [6.45, 7) is 1.96. The van der Waals surface area contributed by atoms with Crippen LogP contribution >= 0.6 is 0 Å². The van der Waals surface area contributed by atoms with Crippen LogP contribution in [0.4, 0.5) is 0 Å². The highest BCUT2D eigenvalue weighted by molar-refractivity contribution is 5.26. The molecule has 0 saturated heterocycles. The van der Waals surface area contributed by atoms with Crippen LogP contribution in [-0.2, 0) is 13.0 Å². The van der Waals surface area contributed by atoms with E-state index in [0.29, 0.717) is 6.04 Å². The standard InChI is InChI=1S/C15H20N4O/c20-15-6-5-12-13(3-1-4-14(12)18-15)17-7-2-9-19-10-8-16-11-19/h5-6,8,10-11,13,17H,1-4,7,9H2,(H,18,20). The lowest BCUT2D eigenvalue weighted by molar-refractivity contribution is 0.441. The molecular formula is C15H20N4O. The lowest BCUT2D eigenvalue weighted by Crippen LogP contribution is -2.28. The van der Waals surface area contributed by atoms with Crippen molar-refractivity contribution in [3.8, 4) is 0 Å². The van der Waals surface area contributed by atoms with Gasteiger partial charge in [0.25, 0.3) is 0 Å². The van der Waals surface area contributed by atoms with Crippen molar-refractivity contribution in [1.82, 2.24) is 19.9 Å². The highest BCUT2D eigenvalue weighted by Crippen LogP contribution is 2.27. The van der Waals surface area contributed by atoms with E-state index in [2.05, 4.69) is 19.9 Å². The summed E-state index contributed by atoms with van der Waals surface area (Å²) in [5, 5.41) is 3.60. The topological polar surface area (TPSA) is 62.7 Å². The highest BCUT2D eigenvalue weighted by atomic mass is 16.1. The predicted octanol–water partition coefficient (Wildman–Crippen LogP) is 1.63. The summed E-state index contributed by atoms with van der Waals surface area (Å²) in [7, 11) is 0. The molecule has 2 aromatic rings. The van der Waals surface area contributed by atoms with Gasteiger partial charge in [-0.3, -0.25) is 4.79 Å². The number of nitrogens with zero attached hydrogens (tertiary/aromatic N) is 2. The fourth-order valence-electron chi connectivity index (χ4n) is 2.87. The SMILES string of the molecule is O=c1ccc2c([nH]1)CCCC2NCCCn1ccnc1. The molecule has 0 amide bonds. The molecule has 5 heteroatoms. The monoisotopic (exact) mass is 272 g/mol. The number of nitrogens with one attached hydrogen (secondary N) is 2.